The van der Waals surface area contributed by atoms with E-state index in [2.05, 4.69) is 5.32 Å². The summed E-state index contributed by atoms with van der Waals surface area (Å²) in [6, 6.07) is 15.2. The number of carbonyl (C=O) groups is 2. The summed E-state index contributed by atoms with van der Waals surface area (Å²) in [5, 5.41) is 10.9. The smallest absolute Gasteiger partial charge is 0.404 e. The molecule has 2 aromatic carbocycles. The van der Waals surface area contributed by atoms with Crippen LogP contribution in [0.1, 0.15) is 69.3 Å². The van der Waals surface area contributed by atoms with Crippen molar-refractivity contribution in [2.45, 2.75) is 64.2 Å². The lowest BCUT2D eigenvalue weighted by Gasteiger charge is -2.27. The Balaban J connectivity index is 0.000000360. The van der Waals surface area contributed by atoms with Crippen LogP contribution in [0.3, 0.4) is 0 Å². The van der Waals surface area contributed by atoms with E-state index in [1.807, 2.05) is 55.5 Å². The molecule has 0 bridgehead atoms. The van der Waals surface area contributed by atoms with Gasteiger partial charge in [0.05, 0.1) is 14.2 Å². The Bertz CT molecular complexity index is 893. The minimum absolute atomic E-state index is 0.228. The third kappa shape index (κ3) is 9.48. The highest BCUT2D eigenvalue weighted by atomic mass is 16.6. The number of methoxy groups -OCH3 is 2. The number of hydrogen-bond donors (Lipinski definition) is 2. The molecule has 8 heteroatoms. The molecule has 35 heavy (non-hydrogen) atoms. The number of hydrogen-bond acceptors (Lipinski definition) is 6. The fourth-order valence-electron chi connectivity index (χ4n) is 4.03. The van der Waals surface area contributed by atoms with Crippen molar-refractivity contribution in [3.8, 4) is 11.5 Å². The predicted octanol–water partition coefficient (Wildman–Crippen LogP) is 5.67. The zero-order chi connectivity index (χ0) is 25.6. The van der Waals surface area contributed by atoms with Gasteiger partial charge in [0.15, 0.2) is 6.10 Å². The van der Waals surface area contributed by atoms with Crippen LogP contribution in [0.5, 0.6) is 11.5 Å². The highest BCUT2D eigenvalue weighted by molar-refractivity contribution is 5.66. The van der Waals surface area contributed by atoms with Crippen molar-refractivity contribution in [1.82, 2.24) is 5.32 Å². The maximum Gasteiger partial charge on any atom is 0.404 e. The van der Waals surface area contributed by atoms with E-state index in [1.54, 1.807) is 14.2 Å². The van der Waals surface area contributed by atoms with E-state index < -0.39 is 18.3 Å². The van der Waals surface area contributed by atoms with Crippen LogP contribution in [0.15, 0.2) is 48.5 Å². The Labute approximate surface area is 207 Å². The molecule has 1 aliphatic rings. The number of benzene rings is 2. The summed E-state index contributed by atoms with van der Waals surface area (Å²) in [6.07, 6.45) is 3.78. The second-order valence-corrected chi connectivity index (χ2v) is 8.24. The minimum atomic E-state index is -0.882. The zero-order valence-electron chi connectivity index (χ0n) is 21.0. The lowest BCUT2D eigenvalue weighted by Crippen LogP contribution is -2.34. The van der Waals surface area contributed by atoms with Gasteiger partial charge < -0.3 is 29.4 Å². The summed E-state index contributed by atoms with van der Waals surface area (Å²) in [5.74, 6) is 1.13. The first kappa shape index (κ1) is 28.0. The quantitative estimate of drug-likeness (QED) is 0.439. The van der Waals surface area contributed by atoms with Crippen molar-refractivity contribution < 1.29 is 33.6 Å². The molecule has 8 nitrogen and oxygen atoms in total. The number of carbonyl (C=O) groups excluding carboxylic acids is 1. The number of amides is 1. The van der Waals surface area contributed by atoms with E-state index >= 15 is 0 Å². The Morgan fingerprint density at radius 2 is 1.37 bits per heavy atom. The average Bonchev–Trinajstić information content (AvgIpc) is 2.87. The van der Waals surface area contributed by atoms with Crippen molar-refractivity contribution in [3.63, 3.8) is 0 Å². The van der Waals surface area contributed by atoms with Crippen molar-refractivity contribution in [2.24, 2.45) is 0 Å². The number of rotatable bonds is 9. The van der Waals surface area contributed by atoms with Gasteiger partial charge in [0.1, 0.15) is 17.6 Å². The molecule has 0 saturated heterocycles. The van der Waals surface area contributed by atoms with E-state index in [0.717, 1.165) is 35.5 Å². The van der Waals surface area contributed by atoms with Crippen LogP contribution in [0.4, 0.5) is 4.79 Å². The first-order chi connectivity index (χ1) is 16.9. The van der Waals surface area contributed by atoms with E-state index in [4.69, 9.17) is 24.1 Å². The Morgan fingerprint density at radius 1 is 0.886 bits per heavy atom. The van der Waals surface area contributed by atoms with Crippen LogP contribution in [-0.4, -0.2) is 44.0 Å². The zero-order valence-corrected chi connectivity index (χ0v) is 21.0. The van der Waals surface area contributed by atoms with Gasteiger partial charge in [0.2, 0.25) is 0 Å². The highest BCUT2D eigenvalue weighted by Crippen LogP contribution is 2.36. The molecular weight excluding hydrogens is 450 g/mol. The molecule has 2 aromatic rings. The first-order valence-corrected chi connectivity index (χ1v) is 11.9. The van der Waals surface area contributed by atoms with Crippen LogP contribution >= 0.6 is 0 Å². The summed E-state index contributed by atoms with van der Waals surface area (Å²) in [6.45, 7) is 3.80. The lowest BCUT2D eigenvalue weighted by atomic mass is 9.96. The predicted molar refractivity (Wildman–Crippen MR) is 133 cm³/mol. The molecule has 0 heterocycles. The second-order valence-electron chi connectivity index (χ2n) is 8.24. The van der Waals surface area contributed by atoms with Crippen molar-refractivity contribution >= 4 is 12.1 Å². The molecule has 0 radical (unpaired) electrons. The fraction of sp³-hybridized carbons (Fsp3) is 0.481. The third-order valence-electron chi connectivity index (χ3n) is 5.74. The van der Waals surface area contributed by atoms with Gasteiger partial charge in [0, 0.05) is 19.6 Å². The Hall–Kier alpha value is -3.26. The Morgan fingerprint density at radius 3 is 1.77 bits per heavy atom. The third-order valence-corrected chi connectivity index (χ3v) is 5.74. The molecule has 1 fully saturated rings. The molecule has 1 saturated carbocycles. The fourth-order valence-corrected chi connectivity index (χ4v) is 4.03. The van der Waals surface area contributed by atoms with E-state index in [0.29, 0.717) is 6.61 Å². The molecule has 1 amide bonds. The number of carboxylic acid groups (broad SMARTS) is 1. The van der Waals surface area contributed by atoms with Gasteiger partial charge >= 0.3 is 12.1 Å². The van der Waals surface area contributed by atoms with Gasteiger partial charge in [-0.3, -0.25) is 4.79 Å². The standard InChI is InChI=1S/C20H24O5.C7H13NO2/c1-5-24-19(15-6-10-17(22-3)11-7-15)20(25-14(2)21)16-8-12-18(23-4)13-9-16;9-7(10)8-6-4-2-1-3-5-6/h6-13,19-20H,5H2,1-4H3;6,8H,1-5H2,(H,9,10). The number of ether oxygens (including phenoxy) is 4. The molecule has 2 unspecified atom stereocenters. The largest absolute Gasteiger partial charge is 0.497 e. The molecule has 0 aliphatic heterocycles. The number of esters is 1. The van der Waals surface area contributed by atoms with Crippen LogP contribution in [-0.2, 0) is 14.3 Å². The minimum Gasteiger partial charge on any atom is -0.497 e. The molecule has 2 N–H and O–H groups in total. The lowest BCUT2D eigenvalue weighted by molar-refractivity contribution is -0.156. The van der Waals surface area contributed by atoms with Crippen molar-refractivity contribution in [1.29, 1.82) is 0 Å². The van der Waals surface area contributed by atoms with Crippen LogP contribution in [0.25, 0.3) is 0 Å². The summed E-state index contributed by atoms with van der Waals surface area (Å²) < 4.78 is 21.9. The van der Waals surface area contributed by atoms with Gasteiger partial charge in [-0.05, 0) is 55.2 Å². The van der Waals surface area contributed by atoms with E-state index in [9.17, 15) is 9.59 Å². The topological polar surface area (TPSA) is 103 Å². The molecule has 0 spiro atoms. The van der Waals surface area contributed by atoms with Crippen LogP contribution in [0.2, 0.25) is 0 Å². The number of nitrogens with one attached hydrogen (secondary N) is 1. The maximum atomic E-state index is 11.7. The van der Waals surface area contributed by atoms with Gasteiger partial charge in [-0.2, -0.15) is 0 Å². The van der Waals surface area contributed by atoms with Crippen molar-refractivity contribution in [2.75, 3.05) is 20.8 Å². The molecular formula is C27H37NO7. The Kier molecular flexibility index (Phi) is 11.9. The molecule has 3 rings (SSSR count). The van der Waals surface area contributed by atoms with Gasteiger partial charge in [-0.15, -0.1) is 0 Å². The molecule has 0 aromatic heterocycles. The average molecular weight is 488 g/mol. The SMILES string of the molecule is CCOC(c1ccc(OC)cc1)C(OC(C)=O)c1ccc(OC)cc1.O=C(O)NC1CCCCC1. The monoisotopic (exact) mass is 487 g/mol. The summed E-state index contributed by atoms with van der Waals surface area (Å²) in [7, 11) is 3.23. The van der Waals surface area contributed by atoms with Crippen LogP contribution in [0, 0.1) is 0 Å². The first-order valence-electron chi connectivity index (χ1n) is 11.9. The molecule has 192 valence electrons. The maximum absolute atomic E-state index is 11.7. The highest BCUT2D eigenvalue weighted by Gasteiger charge is 2.28. The summed E-state index contributed by atoms with van der Waals surface area (Å²) in [5.41, 5.74) is 1.75. The van der Waals surface area contributed by atoms with Crippen molar-refractivity contribution in [3.05, 3.63) is 59.7 Å². The van der Waals surface area contributed by atoms with Gasteiger partial charge in [-0.25, -0.2) is 4.79 Å². The second kappa shape index (κ2) is 14.9. The van der Waals surface area contributed by atoms with Gasteiger partial charge in [0.25, 0.3) is 0 Å². The summed E-state index contributed by atoms with van der Waals surface area (Å²) in [4.78, 5) is 21.8. The van der Waals surface area contributed by atoms with Gasteiger partial charge in [-0.1, -0.05) is 43.5 Å². The molecule has 1 aliphatic carbocycles. The van der Waals surface area contributed by atoms with E-state index in [-0.39, 0.29) is 12.0 Å². The summed E-state index contributed by atoms with van der Waals surface area (Å²) >= 11 is 0. The van der Waals surface area contributed by atoms with Crippen LogP contribution < -0.4 is 14.8 Å². The van der Waals surface area contributed by atoms with E-state index in [1.165, 1.54) is 26.2 Å². The normalized spacial score (nSPS) is 15.1. The molecule has 2 atom stereocenters.